The molecule has 5 nitrogen and oxygen atoms in total. The minimum atomic E-state index is -0.809. The van der Waals surface area contributed by atoms with Crippen molar-refractivity contribution in [3.63, 3.8) is 0 Å². The lowest BCUT2D eigenvalue weighted by Gasteiger charge is -2.17. The number of carbonyl (C=O) groups excluding carboxylic acids is 2. The van der Waals surface area contributed by atoms with Crippen molar-refractivity contribution in [3.8, 4) is 0 Å². The van der Waals surface area contributed by atoms with Crippen LogP contribution in [-0.4, -0.2) is 24.5 Å². The van der Waals surface area contributed by atoms with E-state index in [9.17, 15) is 9.59 Å². The zero-order chi connectivity index (χ0) is 14.4. The van der Waals surface area contributed by atoms with Crippen molar-refractivity contribution in [2.24, 2.45) is 5.73 Å². The van der Waals surface area contributed by atoms with E-state index < -0.39 is 11.9 Å². The number of amides is 2. The molecular formula is C15H20N2O3. The molecule has 2 rings (SSSR count). The highest BCUT2D eigenvalue weighted by Gasteiger charge is 2.21. The molecule has 1 aromatic carbocycles. The summed E-state index contributed by atoms with van der Waals surface area (Å²) in [6.45, 7) is -0.0265. The van der Waals surface area contributed by atoms with Gasteiger partial charge in [0.2, 0.25) is 11.8 Å². The normalized spacial score (nSPS) is 16.8. The highest BCUT2D eigenvalue weighted by molar-refractivity contribution is 5.88. The number of primary amides is 1. The molecule has 2 amide bonds. The Balaban J connectivity index is 1.87. The minimum Gasteiger partial charge on any atom is -0.368 e. The number of carbonyl (C=O) groups is 2. The number of nitrogens with two attached hydrogens (primary N) is 1. The Labute approximate surface area is 118 Å². The third kappa shape index (κ3) is 4.06. The van der Waals surface area contributed by atoms with Crippen LogP contribution in [0, 0.1) is 0 Å². The fourth-order valence-electron chi connectivity index (χ4n) is 2.42. The summed E-state index contributed by atoms with van der Waals surface area (Å²) < 4.78 is 5.52. The van der Waals surface area contributed by atoms with E-state index in [-0.39, 0.29) is 18.6 Å². The zero-order valence-electron chi connectivity index (χ0n) is 11.4. The maximum absolute atomic E-state index is 11.8. The molecule has 0 radical (unpaired) electrons. The molecule has 1 aromatic rings. The van der Waals surface area contributed by atoms with Crippen LogP contribution in [0.5, 0.6) is 0 Å². The van der Waals surface area contributed by atoms with Crippen LogP contribution in [0.15, 0.2) is 30.3 Å². The summed E-state index contributed by atoms with van der Waals surface area (Å²) in [5.74, 6) is -0.894. The fraction of sp³-hybridized carbons (Fsp3) is 0.467. The predicted octanol–water partition coefficient (Wildman–Crippen LogP) is 1.29. The van der Waals surface area contributed by atoms with Gasteiger partial charge in [0.25, 0.3) is 0 Å². The molecule has 0 unspecified atom stereocenters. The third-order valence-corrected chi connectivity index (χ3v) is 3.48. The van der Waals surface area contributed by atoms with Crippen LogP contribution in [0.1, 0.15) is 37.3 Å². The third-order valence-electron chi connectivity index (χ3n) is 3.48. The van der Waals surface area contributed by atoms with Gasteiger partial charge in [-0.25, -0.2) is 0 Å². The van der Waals surface area contributed by atoms with Crippen LogP contribution in [0.2, 0.25) is 0 Å². The average Bonchev–Trinajstić information content (AvgIpc) is 2.96. The van der Waals surface area contributed by atoms with E-state index in [0.717, 1.165) is 25.7 Å². The molecule has 5 heteroatoms. The Morgan fingerprint density at radius 3 is 2.50 bits per heavy atom. The first-order valence-electron chi connectivity index (χ1n) is 6.92. The van der Waals surface area contributed by atoms with Gasteiger partial charge < -0.3 is 15.8 Å². The van der Waals surface area contributed by atoms with Gasteiger partial charge in [0.05, 0.1) is 6.10 Å². The molecule has 1 saturated carbocycles. The van der Waals surface area contributed by atoms with Crippen molar-refractivity contribution >= 4 is 11.8 Å². The van der Waals surface area contributed by atoms with Gasteiger partial charge in [0, 0.05) is 0 Å². The molecule has 0 aliphatic heterocycles. The van der Waals surface area contributed by atoms with E-state index in [1.54, 1.807) is 24.3 Å². The maximum atomic E-state index is 11.8. The standard InChI is InChI=1S/C15H20N2O3/c16-15(19)14(11-6-2-1-3-7-11)17-13(18)10-20-12-8-4-5-9-12/h1-3,6-7,12,14H,4-5,8-10H2,(H2,16,19)(H,17,18)/t14-/m0/s1. The van der Waals surface area contributed by atoms with Crippen LogP contribution in [-0.2, 0) is 14.3 Å². The molecule has 1 fully saturated rings. The highest BCUT2D eigenvalue weighted by Crippen LogP contribution is 2.20. The molecule has 0 bridgehead atoms. The first-order valence-corrected chi connectivity index (χ1v) is 6.92. The summed E-state index contributed by atoms with van der Waals surface area (Å²) in [6.07, 6.45) is 4.49. The predicted molar refractivity (Wildman–Crippen MR) is 74.7 cm³/mol. The van der Waals surface area contributed by atoms with Crippen molar-refractivity contribution in [1.29, 1.82) is 0 Å². The van der Waals surface area contributed by atoms with Gasteiger partial charge in [0.15, 0.2) is 0 Å². The van der Waals surface area contributed by atoms with Gasteiger partial charge in [-0.15, -0.1) is 0 Å². The SMILES string of the molecule is NC(=O)[C@@H](NC(=O)COC1CCCC1)c1ccccc1. The van der Waals surface area contributed by atoms with E-state index in [1.807, 2.05) is 6.07 Å². The van der Waals surface area contributed by atoms with Crippen LogP contribution >= 0.6 is 0 Å². The van der Waals surface area contributed by atoms with Crippen molar-refractivity contribution < 1.29 is 14.3 Å². The molecule has 108 valence electrons. The molecule has 0 spiro atoms. The zero-order valence-corrected chi connectivity index (χ0v) is 11.4. The number of hydrogen-bond acceptors (Lipinski definition) is 3. The van der Waals surface area contributed by atoms with E-state index >= 15 is 0 Å². The summed E-state index contributed by atoms with van der Waals surface area (Å²) in [4.78, 5) is 23.3. The topological polar surface area (TPSA) is 81.4 Å². The molecule has 20 heavy (non-hydrogen) atoms. The van der Waals surface area contributed by atoms with Crippen molar-refractivity contribution in [2.75, 3.05) is 6.61 Å². The van der Waals surface area contributed by atoms with Gasteiger partial charge in [-0.2, -0.15) is 0 Å². The molecule has 1 aliphatic carbocycles. The van der Waals surface area contributed by atoms with Crippen molar-refractivity contribution in [1.82, 2.24) is 5.32 Å². The minimum absolute atomic E-state index is 0.0265. The second-order valence-electron chi connectivity index (χ2n) is 5.03. The summed E-state index contributed by atoms with van der Waals surface area (Å²) >= 11 is 0. The van der Waals surface area contributed by atoms with Crippen molar-refractivity contribution in [3.05, 3.63) is 35.9 Å². The van der Waals surface area contributed by atoms with Crippen LogP contribution in [0.25, 0.3) is 0 Å². The van der Waals surface area contributed by atoms with Crippen molar-refractivity contribution in [2.45, 2.75) is 37.8 Å². The number of hydrogen-bond donors (Lipinski definition) is 2. The Bertz CT molecular complexity index is 455. The summed E-state index contributed by atoms with van der Waals surface area (Å²) in [7, 11) is 0. The van der Waals surface area contributed by atoms with Crippen LogP contribution in [0.3, 0.4) is 0 Å². The lowest BCUT2D eigenvalue weighted by atomic mass is 10.1. The van der Waals surface area contributed by atoms with E-state index in [0.29, 0.717) is 5.56 Å². The van der Waals surface area contributed by atoms with Gasteiger partial charge in [-0.3, -0.25) is 9.59 Å². The fourth-order valence-corrected chi connectivity index (χ4v) is 2.42. The number of rotatable bonds is 6. The van der Waals surface area contributed by atoms with Crippen LogP contribution < -0.4 is 11.1 Å². The maximum Gasteiger partial charge on any atom is 0.246 e. The summed E-state index contributed by atoms with van der Waals surface area (Å²) in [5.41, 5.74) is 6.02. The molecule has 1 atom stereocenters. The Morgan fingerprint density at radius 2 is 1.90 bits per heavy atom. The average molecular weight is 276 g/mol. The van der Waals surface area contributed by atoms with E-state index in [4.69, 9.17) is 10.5 Å². The van der Waals surface area contributed by atoms with E-state index in [1.165, 1.54) is 0 Å². The second-order valence-corrected chi connectivity index (χ2v) is 5.03. The molecule has 1 aliphatic rings. The Morgan fingerprint density at radius 1 is 1.25 bits per heavy atom. The summed E-state index contributed by atoms with van der Waals surface area (Å²) in [6, 6.07) is 8.14. The highest BCUT2D eigenvalue weighted by atomic mass is 16.5. The quantitative estimate of drug-likeness (QED) is 0.821. The first kappa shape index (κ1) is 14.5. The van der Waals surface area contributed by atoms with Crippen LogP contribution in [0.4, 0.5) is 0 Å². The van der Waals surface area contributed by atoms with Gasteiger partial charge in [-0.1, -0.05) is 43.2 Å². The number of ether oxygens (including phenoxy) is 1. The molecule has 0 saturated heterocycles. The largest absolute Gasteiger partial charge is 0.368 e. The van der Waals surface area contributed by atoms with Gasteiger partial charge in [0.1, 0.15) is 12.6 Å². The van der Waals surface area contributed by atoms with E-state index in [2.05, 4.69) is 5.32 Å². The molecular weight excluding hydrogens is 256 g/mol. The van der Waals surface area contributed by atoms with Gasteiger partial charge >= 0.3 is 0 Å². The molecule has 3 N–H and O–H groups in total. The Hall–Kier alpha value is -1.88. The summed E-state index contributed by atoms with van der Waals surface area (Å²) in [5, 5.41) is 2.62. The first-order chi connectivity index (χ1) is 9.66. The smallest absolute Gasteiger partial charge is 0.246 e. The number of nitrogens with one attached hydrogen (secondary N) is 1. The lowest BCUT2D eigenvalue weighted by molar-refractivity contribution is -0.131. The molecule has 0 aromatic heterocycles. The lowest BCUT2D eigenvalue weighted by Crippen LogP contribution is -2.39. The van der Waals surface area contributed by atoms with Gasteiger partial charge in [-0.05, 0) is 18.4 Å². The number of benzene rings is 1. The second kappa shape index (κ2) is 7.05. The molecule has 0 heterocycles. The monoisotopic (exact) mass is 276 g/mol. The Kier molecular flexibility index (Phi) is 5.12.